The van der Waals surface area contributed by atoms with Gasteiger partial charge in [-0.15, -0.1) is 0 Å². The highest BCUT2D eigenvalue weighted by molar-refractivity contribution is 5.98. The first-order valence-corrected chi connectivity index (χ1v) is 10.1. The van der Waals surface area contributed by atoms with E-state index in [0.717, 1.165) is 37.6 Å². The maximum atomic E-state index is 11.7. The molecule has 6 nitrogen and oxygen atoms in total. The summed E-state index contributed by atoms with van der Waals surface area (Å²) in [6.45, 7) is 7.77. The van der Waals surface area contributed by atoms with Crippen molar-refractivity contribution in [2.45, 2.75) is 70.6 Å². The molecule has 1 aromatic rings. The zero-order valence-electron chi connectivity index (χ0n) is 16.7. The van der Waals surface area contributed by atoms with Crippen molar-refractivity contribution < 1.29 is 4.79 Å². The molecule has 1 aromatic carbocycles. The summed E-state index contributed by atoms with van der Waals surface area (Å²) in [6, 6.07) is 8.69. The molecule has 3 rings (SSSR count). The lowest BCUT2D eigenvalue weighted by molar-refractivity contribution is 0.101. The number of Topliss-reactive ketones (excluding diaryl/α,β-unsaturated/α-hetero) is 1. The van der Waals surface area contributed by atoms with Gasteiger partial charge in [-0.2, -0.15) is 0 Å². The summed E-state index contributed by atoms with van der Waals surface area (Å²) >= 11 is 0. The Morgan fingerprint density at radius 2 is 1.93 bits per heavy atom. The van der Waals surface area contributed by atoms with Crippen molar-refractivity contribution in [2.24, 2.45) is 10.7 Å². The summed E-state index contributed by atoms with van der Waals surface area (Å²) in [4.78, 5) is 19.1. The molecule has 1 aliphatic carbocycles. The number of guanidine groups is 1. The number of hydrogen-bond donors (Lipinski definition) is 3. The Labute approximate surface area is 162 Å². The minimum Gasteiger partial charge on any atom is -0.340 e. The monoisotopic (exact) mass is 371 g/mol. The van der Waals surface area contributed by atoms with Crippen LogP contribution in [0.3, 0.4) is 0 Å². The fourth-order valence-corrected chi connectivity index (χ4v) is 4.10. The molecule has 1 saturated carbocycles. The van der Waals surface area contributed by atoms with E-state index in [2.05, 4.69) is 29.4 Å². The Hall–Kier alpha value is -1.92. The molecule has 0 bridgehead atoms. The molecule has 27 heavy (non-hydrogen) atoms. The number of piperazine rings is 1. The average molecular weight is 372 g/mol. The largest absolute Gasteiger partial charge is 0.340 e. The maximum Gasteiger partial charge on any atom is 0.198 e. The number of nitrogens with zero attached hydrogens (tertiary/aromatic N) is 2. The van der Waals surface area contributed by atoms with Crippen LogP contribution in [0.25, 0.3) is 0 Å². The van der Waals surface area contributed by atoms with Gasteiger partial charge in [0.15, 0.2) is 11.7 Å². The molecule has 2 fully saturated rings. The van der Waals surface area contributed by atoms with Crippen LogP contribution in [-0.4, -0.2) is 53.9 Å². The normalized spacial score (nSPS) is 29.5. The number of ketones is 1. The number of aliphatic imine (C=N–C) groups is 1. The minimum atomic E-state index is 0.0656. The predicted octanol–water partition coefficient (Wildman–Crippen LogP) is 2.61. The van der Waals surface area contributed by atoms with Gasteiger partial charge in [0.2, 0.25) is 0 Å². The van der Waals surface area contributed by atoms with E-state index < -0.39 is 0 Å². The van der Waals surface area contributed by atoms with E-state index in [1.165, 1.54) is 12.8 Å². The van der Waals surface area contributed by atoms with E-state index in [1.54, 1.807) is 6.92 Å². The summed E-state index contributed by atoms with van der Waals surface area (Å²) in [5.41, 5.74) is 7.96. The molecule has 6 heteroatoms. The molecule has 1 saturated heterocycles. The van der Waals surface area contributed by atoms with E-state index in [1.807, 2.05) is 24.3 Å². The number of anilines is 1. The van der Waals surface area contributed by atoms with Gasteiger partial charge in [0.05, 0.1) is 6.04 Å². The zero-order chi connectivity index (χ0) is 19.4. The van der Waals surface area contributed by atoms with Gasteiger partial charge in [0, 0.05) is 42.5 Å². The number of nitrogens with one attached hydrogen (secondary N) is 2. The second-order valence-electron chi connectivity index (χ2n) is 8.10. The van der Waals surface area contributed by atoms with E-state index in [9.17, 15) is 4.79 Å². The lowest BCUT2D eigenvalue weighted by Gasteiger charge is -2.39. The molecule has 2 unspecified atom stereocenters. The fraction of sp³-hybridized carbons (Fsp3) is 0.619. The van der Waals surface area contributed by atoms with Gasteiger partial charge in [-0.05, 0) is 45.7 Å². The number of nitrogens with two attached hydrogens (primary N) is 1. The Kier molecular flexibility index (Phi) is 6.50. The predicted molar refractivity (Wildman–Crippen MR) is 111 cm³/mol. The number of rotatable bonds is 3. The van der Waals surface area contributed by atoms with Gasteiger partial charge in [-0.25, -0.2) is 4.99 Å². The first-order chi connectivity index (χ1) is 12.9. The topological polar surface area (TPSA) is 82.8 Å². The van der Waals surface area contributed by atoms with Crippen molar-refractivity contribution in [3.63, 3.8) is 0 Å². The number of hydrogen-bond acceptors (Lipinski definition) is 4. The van der Waals surface area contributed by atoms with Gasteiger partial charge >= 0.3 is 0 Å². The van der Waals surface area contributed by atoms with Crippen molar-refractivity contribution in [3.05, 3.63) is 29.8 Å². The van der Waals surface area contributed by atoms with Crippen LogP contribution in [0.2, 0.25) is 0 Å². The summed E-state index contributed by atoms with van der Waals surface area (Å²) in [7, 11) is 0. The number of carbonyl (C=O) groups excluding carboxylic acids is 1. The summed E-state index contributed by atoms with van der Waals surface area (Å²) in [5.74, 6) is 0.939. The Morgan fingerprint density at radius 3 is 2.59 bits per heavy atom. The van der Waals surface area contributed by atoms with Gasteiger partial charge in [-0.3, -0.25) is 4.79 Å². The molecular formula is C21H33N5O. The molecule has 4 N–H and O–H groups in total. The zero-order valence-corrected chi connectivity index (χ0v) is 16.7. The molecule has 148 valence electrons. The smallest absolute Gasteiger partial charge is 0.198 e. The van der Waals surface area contributed by atoms with Crippen molar-refractivity contribution in [1.82, 2.24) is 10.2 Å². The van der Waals surface area contributed by atoms with Crippen LogP contribution in [0.1, 0.15) is 56.8 Å². The highest BCUT2D eigenvalue weighted by Crippen LogP contribution is 2.21. The maximum absolute atomic E-state index is 11.7. The Balaban J connectivity index is 1.87. The fourth-order valence-electron chi connectivity index (χ4n) is 4.10. The molecule has 0 aromatic heterocycles. The van der Waals surface area contributed by atoms with Crippen molar-refractivity contribution in [1.29, 1.82) is 0 Å². The van der Waals surface area contributed by atoms with Crippen LogP contribution in [-0.2, 0) is 0 Å². The Morgan fingerprint density at radius 1 is 1.22 bits per heavy atom. The van der Waals surface area contributed by atoms with E-state index in [-0.39, 0.29) is 17.9 Å². The molecular weight excluding hydrogens is 338 g/mol. The molecule has 2 aliphatic rings. The molecule has 1 aliphatic heterocycles. The third-order valence-corrected chi connectivity index (χ3v) is 5.45. The first-order valence-electron chi connectivity index (χ1n) is 10.1. The number of carbonyl (C=O) groups is 1. The molecule has 0 radical (unpaired) electrons. The van der Waals surface area contributed by atoms with Crippen LogP contribution in [0.4, 0.5) is 5.69 Å². The van der Waals surface area contributed by atoms with Crippen LogP contribution in [0.5, 0.6) is 0 Å². The van der Waals surface area contributed by atoms with E-state index in [4.69, 9.17) is 10.7 Å². The van der Waals surface area contributed by atoms with Gasteiger partial charge in [0.1, 0.15) is 0 Å². The molecule has 0 spiro atoms. The van der Waals surface area contributed by atoms with E-state index in [0.29, 0.717) is 17.6 Å². The quantitative estimate of drug-likeness (QED) is 0.432. The minimum absolute atomic E-state index is 0.0656. The molecule has 0 amide bonds. The third kappa shape index (κ3) is 5.30. The van der Waals surface area contributed by atoms with Crippen molar-refractivity contribution in [3.8, 4) is 0 Å². The number of benzene rings is 1. The Bertz CT molecular complexity index is 679. The summed E-state index contributed by atoms with van der Waals surface area (Å²) in [6.07, 6.45) is 4.45. The average Bonchev–Trinajstić information content (AvgIpc) is 2.62. The van der Waals surface area contributed by atoms with Crippen LogP contribution >= 0.6 is 0 Å². The van der Waals surface area contributed by atoms with E-state index >= 15 is 0 Å². The molecule has 1 heterocycles. The standard InChI is InChI=1S/C21H33N5O/c1-14-12-26(13-15(2)23-14)21(25-20-10-5-4-9-19(20)22)24-18-8-6-7-17(11-18)16(3)27/h6-8,11,14-15,19-20,23H,4-5,9-10,12-13,22H2,1-3H3,(H,24,25)/t14?,15?,19-,20-/m0/s1. The summed E-state index contributed by atoms with van der Waals surface area (Å²) < 4.78 is 0. The third-order valence-electron chi connectivity index (χ3n) is 5.45. The van der Waals surface area contributed by atoms with Crippen LogP contribution in [0, 0.1) is 0 Å². The summed E-state index contributed by atoms with van der Waals surface area (Å²) in [5, 5.41) is 7.06. The second kappa shape index (κ2) is 8.85. The lowest BCUT2D eigenvalue weighted by atomic mass is 9.91. The first kappa shape index (κ1) is 19.8. The van der Waals surface area contributed by atoms with Gasteiger partial charge < -0.3 is 21.3 Å². The second-order valence-corrected chi connectivity index (χ2v) is 8.10. The molecule has 4 atom stereocenters. The van der Waals surface area contributed by atoms with Crippen molar-refractivity contribution >= 4 is 17.4 Å². The van der Waals surface area contributed by atoms with Gasteiger partial charge in [0.25, 0.3) is 0 Å². The van der Waals surface area contributed by atoms with Crippen molar-refractivity contribution in [2.75, 3.05) is 18.4 Å². The highest BCUT2D eigenvalue weighted by atomic mass is 16.1. The van der Waals surface area contributed by atoms with Crippen LogP contribution in [0.15, 0.2) is 29.3 Å². The lowest BCUT2D eigenvalue weighted by Crippen LogP contribution is -2.57. The highest BCUT2D eigenvalue weighted by Gasteiger charge is 2.27. The SMILES string of the molecule is CC(=O)c1cccc(NC(=N[C@H]2CCCC[C@@H]2N)N2CC(C)NC(C)C2)c1. The van der Waals surface area contributed by atoms with Gasteiger partial charge in [-0.1, -0.05) is 25.0 Å². The van der Waals surface area contributed by atoms with Crippen LogP contribution < -0.4 is 16.4 Å².